The van der Waals surface area contributed by atoms with Crippen LogP contribution in [-0.4, -0.2) is 22.5 Å². The van der Waals surface area contributed by atoms with Crippen LogP contribution in [0.3, 0.4) is 0 Å². The first kappa shape index (κ1) is 18.7. The Morgan fingerprint density at radius 2 is 1.89 bits per heavy atom. The zero-order valence-electron chi connectivity index (χ0n) is 18.8. The lowest BCUT2D eigenvalue weighted by molar-refractivity contribution is -0.118. The van der Waals surface area contributed by atoms with Crippen LogP contribution >= 0.6 is 11.8 Å². The fourth-order valence-electron chi connectivity index (χ4n) is 8.00. The molecule has 4 bridgehead atoms. The van der Waals surface area contributed by atoms with E-state index < -0.39 is 0 Å². The second-order valence-corrected chi connectivity index (χ2v) is 11.6. The maximum Gasteiger partial charge on any atom is 0.224 e. The van der Waals surface area contributed by atoms with Crippen molar-refractivity contribution in [2.75, 3.05) is 11.4 Å². The predicted octanol–water partition coefficient (Wildman–Crippen LogP) is 6.34. The lowest BCUT2D eigenvalue weighted by atomic mass is 9.61. The Kier molecular flexibility index (Phi) is 3.10. The van der Waals surface area contributed by atoms with Gasteiger partial charge in [-0.05, 0) is 82.6 Å². The summed E-state index contributed by atoms with van der Waals surface area (Å²) in [6, 6.07) is 16.3. The monoisotopic (exact) mass is 473 g/mol. The highest BCUT2D eigenvalue weighted by molar-refractivity contribution is 8.15. The number of fused-ring (bicyclic) bond motifs is 6. The van der Waals surface area contributed by atoms with Crippen molar-refractivity contribution in [1.82, 2.24) is 0 Å². The van der Waals surface area contributed by atoms with Gasteiger partial charge in [0.2, 0.25) is 5.12 Å². The minimum atomic E-state index is -0.0985. The molecule has 1 fully saturated rings. The fraction of sp³-hybridized carbons (Fsp3) is 0.200. The standard InChI is InChI=1S/C30H19NO3S/c1-12-9-21(33)23-15-3-2-4-16-24-14-6-5-13(32)10-18(14)29-26-17(30(34)35-29)7-8-20(27(24)26)31-11-19(23)22(12)28(31)25(15)16/h2-10,19,22-23,28,32H,11H2,1H3/t19-,22-,23-,28+/m0/s1. The Morgan fingerprint density at radius 1 is 1.00 bits per heavy atom. The van der Waals surface area contributed by atoms with Gasteiger partial charge in [-0.1, -0.05) is 29.8 Å². The van der Waals surface area contributed by atoms with Gasteiger partial charge in [0.15, 0.2) is 5.78 Å². The molecule has 1 N–H and O–H groups in total. The van der Waals surface area contributed by atoms with Gasteiger partial charge in [-0.15, -0.1) is 0 Å². The van der Waals surface area contributed by atoms with Crippen molar-refractivity contribution in [3.63, 3.8) is 0 Å². The second kappa shape index (κ2) is 5.80. The van der Waals surface area contributed by atoms with E-state index in [2.05, 4.69) is 36.1 Å². The van der Waals surface area contributed by atoms with Crippen molar-refractivity contribution in [3.05, 3.63) is 76.9 Å². The van der Waals surface area contributed by atoms with Crippen LogP contribution in [0.5, 0.6) is 5.75 Å². The summed E-state index contributed by atoms with van der Waals surface area (Å²) in [4.78, 5) is 29.9. The number of phenolic OH excluding ortho intramolecular Hbond substituents is 1. The van der Waals surface area contributed by atoms with E-state index in [9.17, 15) is 14.7 Å². The fourth-order valence-corrected chi connectivity index (χ4v) is 9.06. The number of allylic oxidation sites excluding steroid dienone is 1. The van der Waals surface area contributed by atoms with Gasteiger partial charge in [-0.3, -0.25) is 9.59 Å². The summed E-state index contributed by atoms with van der Waals surface area (Å²) >= 11 is 1.28. The molecule has 0 saturated carbocycles. The highest BCUT2D eigenvalue weighted by Gasteiger charge is 2.57. The molecule has 4 atom stereocenters. The quantitative estimate of drug-likeness (QED) is 0.302. The van der Waals surface area contributed by atoms with Crippen molar-refractivity contribution in [2.45, 2.75) is 23.8 Å². The number of hydrogen-bond acceptors (Lipinski definition) is 5. The van der Waals surface area contributed by atoms with Gasteiger partial charge < -0.3 is 10.0 Å². The van der Waals surface area contributed by atoms with Crippen molar-refractivity contribution in [3.8, 4) is 16.9 Å². The smallest absolute Gasteiger partial charge is 0.224 e. The zero-order valence-corrected chi connectivity index (χ0v) is 19.6. The number of nitrogens with zero attached hydrogens (tertiary/aromatic N) is 1. The van der Waals surface area contributed by atoms with Crippen LogP contribution in [0.25, 0.3) is 32.7 Å². The second-order valence-electron chi connectivity index (χ2n) is 10.6. The third kappa shape index (κ3) is 1.95. The Labute approximate surface area is 205 Å². The van der Waals surface area contributed by atoms with E-state index in [1.165, 1.54) is 28.5 Å². The number of ketones is 1. The number of benzene rings is 4. The maximum atomic E-state index is 13.3. The molecule has 0 spiro atoms. The number of carbonyl (C=O) groups excluding carboxylic acids is 2. The predicted molar refractivity (Wildman–Crippen MR) is 137 cm³/mol. The van der Waals surface area contributed by atoms with Crippen molar-refractivity contribution >= 4 is 49.9 Å². The van der Waals surface area contributed by atoms with Gasteiger partial charge in [-0.2, -0.15) is 0 Å². The third-order valence-electron chi connectivity index (χ3n) is 9.12. The molecule has 0 unspecified atom stereocenters. The van der Waals surface area contributed by atoms with E-state index >= 15 is 0 Å². The highest BCUT2D eigenvalue weighted by Crippen LogP contribution is 2.65. The Hall–Kier alpha value is -3.57. The summed E-state index contributed by atoms with van der Waals surface area (Å²) in [6.45, 7) is 2.96. The van der Waals surface area contributed by atoms with E-state index in [1.807, 2.05) is 18.2 Å². The minimum Gasteiger partial charge on any atom is -0.508 e. The van der Waals surface area contributed by atoms with Crippen molar-refractivity contribution in [2.24, 2.45) is 11.8 Å². The van der Waals surface area contributed by atoms with Gasteiger partial charge in [0.1, 0.15) is 5.75 Å². The Morgan fingerprint density at radius 3 is 2.77 bits per heavy atom. The number of rotatable bonds is 0. The van der Waals surface area contributed by atoms with Gasteiger partial charge in [0.25, 0.3) is 0 Å². The first-order valence-electron chi connectivity index (χ1n) is 12.1. The summed E-state index contributed by atoms with van der Waals surface area (Å²) in [5.41, 5.74) is 7.84. The minimum absolute atomic E-state index is 0.0646. The molecular formula is C30H19NO3S. The van der Waals surface area contributed by atoms with Crippen LogP contribution in [-0.2, 0) is 4.79 Å². The summed E-state index contributed by atoms with van der Waals surface area (Å²) in [5.74, 6) is 0.916. The number of carbonyl (C=O) groups is 2. The van der Waals surface area contributed by atoms with Gasteiger partial charge >= 0.3 is 0 Å². The van der Waals surface area contributed by atoms with Crippen LogP contribution in [0.4, 0.5) is 5.69 Å². The van der Waals surface area contributed by atoms with Gasteiger partial charge in [-0.25, -0.2) is 0 Å². The molecule has 9 rings (SSSR count). The van der Waals surface area contributed by atoms with E-state index in [-0.39, 0.29) is 34.5 Å². The van der Waals surface area contributed by atoms with Gasteiger partial charge in [0.05, 0.1) is 12.0 Å². The number of phenols is 1. The molecule has 5 aliphatic rings. The van der Waals surface area contributed by atoms with Crippen LogP contribution in [0, 0.1) is 11.8 Å². The molecule has 4 aromatic carbocycles. The van der Waals surface area contributed by atoms with E-state index in [0.717, 1.165) is 55.4 Å². The summed E-state index contributed by atoms with van der Waals surface area (Å²) in [5, 5.41) is 14.6. The Bertz CT molecular complexity index is 1800. The number of hydrogen-bond donors (Lipinski definition) is 1. The molecule has 5 heteroatoms. The van der Waals surface area contributed by atoms with Crippen LogP contribution in [0.2, 0.25) is 0 Å². The number of thioether (sulfide) groups is 1. The first-order valence-corrected chi connectivity index (χ1v) is 12.9. The van der Waals surface area contributed by atoms with Crippen LogP contribution in [0.1, 0.15) is 40.4 Å². The molecule has 2 aliphatic carbocycles. The van der Waals surface area contributed by atoms with E-state index in [1.54, 1.807) is 12.1 Å². The van der Waals surface area contributed by atoms with Crippen LogP contribution < -0.4 is 4.90 Å². The summed E-state index contributed by atoms with van der Waals surface area (Å²) < 4.78 is 0. The van der Waals surface area contributed by atoms with E-state index in [4.69, 9.17) is 0 Å². The average molecular weight is 474 g/mol. The number of aromatic hydroxyl groups is 1. The first-order chi connectivity index (χ1) is 17.0. The molecule has 4 aromatic rings. The van der Waals surface area contributed by atoms with Gasteiger partial charge in [0, 0.05) is 44.8 Å². The maximum absolute atomic E-state index is 13.3. The summed E-state index contributed by atoms with van der Waals surface area (Å²) in [6.07, 6.45) is 1.89. The molecule has 3 heterocycles. The highest BCUT2D eigenvalue weighted by atomic mass is 32.2. The van der Waals surface area contributed by atoms with Crippen LogP contribution in [0.15, 0.2) is 65.1 Å². The molecule has 4 nitrogen and oxygen atoms in total. The third-order valence-corrected chi connectivity index (χ3v) is 10.2. The van der Waals surface area contributed by atoms with Crippen molar-refractivity contribution < 1.29 is 14.7 Å². The molecule has 168 valence electrons. The molecule has 0 radical (unpaired) electrons. The Balaban J connectivity index is 1.55. The zero-order chi connectivity index (χ0) is 23.3. The molecule has 0 amide bonds. The molecular weight excluding hydrogens is 454 g/mol. The van der Waals surface area contributed by atoms with Crippen molar-refractivity contribution in [1.29, 1.82) is 0 Å². The molecule has 3 aliphatic heterocycles. The topological polar surface area (TPSA) is 57.6 Å². The normalized spacial score (nSPS) is 26.5. The molecule has 0 aromatic heterocycles. The largest absolute Gasteiger partial charge is 0.508 e. The summed E-state index contributed by atoms with van der Waals surface area (Å²) in [7, 11) is 0. The molecule has 1 saturated heterocycles. The lowest BCUT2D eigenvalue weighted by Gasteiger charge is -2.41. The number of anilines is 1. The van der Waals surface area contributed by atoms with E-state index in [0.29, 0.717) is 5.92 Å². The SMILES string of the molecule is CC1=CC(=O)[C@H]2c3cccc4c3[C@H]3[C@@H]1[C@@H]2CN3c1ccc2c3c(c5cc(O)ccc5c-4c13)SC2=O. The molecule has 35 heavy (non-hydrogen) atoms. The average Bonchev–Trinajstić information content (AvgIpc) is 3.31. The lowest BCUT2D eigenvalue weighted by Crippen LogP contribution is -2.37.